The van der Waals surface area contributed by atoms with Crippen molar-refractivity contribution in [3.8, 4) is 0 Å². The highest BCUT2D eigenvalue weighted by Gasteiger charge is 2.29. The van der Waals surface area contributed by atoms with Crippen molar-refractivity contribution in [1.82, 2.24) is 19.7 Å². The van der Waals surface area contributed by atoms with Crippen LogP contribution in [0.1, 0.15) is 18.1 Å². The maximum atomic E-state index is 12.6. The predicted octanol–water partition coefficient (Wildman–Crippen LogP) is 0.755. The van der Waals surface area contributed by atoms with Crippen molar-refractivity contribution in [2.24, 2.45) is 0 Å². The first-order valence-electron chi connectivity index (χ1n) is 8.87. The van der Waals surface area contributed by atoms with Gasteiger partial charge < -0.3 is 9.64 Å². The van der Waals surface area contributed by atoms with Crippen LogP contribution in [0.15, 0.2) is 18.5 Å². The standard InChI is InChI=1S/C18H28N4O2/c1-15-11-17(13-19-12-15)14-20-3-5-21(6-4-20)16(2)18(23)22-7-9-24-10-8-22/h11-13,16H,3-10,14H2,1-2H3/t16-/m0/s1. The topological polar surface area (TPSA) is 48.9 Å². The summed E-state index contributed by atoms with van der Waals surface area (Å²) >= 11 is 0. The zero-order chi connectivity index (χ0) is 16.9. The minimum atomic E-state index is -0.0362. The van der Waals surface area contributed by atoms with Crippen LogP contribution >= 0.6 is 0 Å². The summed E-state index contributed by atoms with van der Waals surface area (Å²) in [6.07, 6.45) is 3.84. The Morgan fingerprint density at radius 2 is 1.88 bits per heavy atom. The van der Waals surface area contributed by atoms with Crippen molar-refractivity contribution in [3.63, 3.8) is 0 Å². The van der Waals surface area contributed by atoms with Crippen molar-refractivity contribution >= 4 is 5.91 Å². The van der Waals surface area contributed by atoms with E-state index in [-0.39, 0.29) is 11.9 Å². The first-order valence-corrected chi connectivity index (χ1v) is 8.87. The molecule has 0 bridgehead atoms. The molecule has 6 nitrogen and oxygen atoms in total. The van der Waals surface area contributed by atoms with Gasteiger partial charge >= 0.3 is 0 Å². The molecule has 1 amide bonds. The molecule has 1 aromatic heterocycles. The van der Waals surface area contributed by atoms with Crippen LogP contribution in [0.5, 0.6) is 0 Å². The summed E-state index contributed by atoms with van der Waals surface area (Å²) in [6.45, 7) is 11.7. The van der Waals surface area contributed by atoms with Gasteiger partial charge in [-0.05, 0) is 25.0 Å². The second kappa shape index (κ2) is 8.05. The van der Waals surface area contributed by atoms with Crippen LogP contribution in [-0.4, -0.2) is 84.1 Å². The Balaban J connectivity index is 1.48. The minimum absolute atomic E-state index is 0.0362. The molecule has 2 saturated heterocycles. The van der Waals surface area contributed by atoms with Crippen molar-refractivity contribution < 1.29 is 9.53 Å². The SMILES string of the molecule is Cc1cncc(CN2CCN([C@@H](C)C(=O)N3CCOCC3)CC2)c1. The minimum Gasteiger partial charge on any atom is -0.378 e. The number of hydrogen-bond donors (Lipinski definition) is 0. The average Bonchev–Trinajstić information content (AvgIpc) is 2.62. The lowest BCUT2D eigenvalue weighted by Gasteiger charge is -2.39. The van der Waals surface area contributed by atoms with Crippen molar-refractivity contribution in [2.75, 3.05) is 52.5 Å². The zero-order valence-electron chi connectivity index (χ0n) is 14.8. The molecule has 6 heteroatoms. The van der Waals surface area contributed by atoms with E-state index < -0.39 is 0 Å². The van der Waals surface area contributed by atoms with Crippen LogP contribution in [0.2, 0.25) is 0 Å². The van der Waals surface area contributed by atoms with E-state index in [1.807, 2.05) is 24.2 Å². The van der Waals surface area contributed by atoms with Crippen molar-refractivity contribution in [2.45, 2.75) is 26.4 Å². The molecule has 2 aliphatic rings. The smallest absolute Gasteiger partial charge is 0.239 e. The summed E-state index contributed by atoms with van der Waals surface area (Å²) in [4.78, 5) is 23.6. The lowest BCUT2D eigenvalue weighted by atomic mass is 10.1. The summed E-state index contributed by atoms with van der Waals surface area (Å²) in [6, 6.07) is 2.16. The number of rotatable bonds is 4. The van der Waals surface area contributed by atoms with Crippen LogP contribution in [-0.2, 0) is 16.1 Å². The van der Waals surface area contributed by atoms with E-state index in [1.54, 1.807) is 0 Å². The Morgan fingerprint density at radius 1 is 1.17 bits per heavy atom. The van der Waals surface area contributed by atoms with E-state index >= 15 is 0 Å². The number of ether oxygens (including phenoxy) is 1. The van der Waals surface area contributed by atoms with E-state index in [1.165, 1.54) is 11.1 Å². The molecule has 2 fully saturated rings. The normalized spacial score (nSPS) is 21.7. The second-order valence-electron chi connectivity index (χ2n) is 6.80. The maximum absolute atomic E-state index is 12.6. The Bertz CT molecular complexity index is 552. The number of amides is 1. The van der Waals surface area contributed by atoms with Gasteiger partial charge in [-0.1, -0.05) is 6.07 Å². The third-order valence-electron chi connectivity index (χ3n) is 4.97. The van der Waals surface area contributed by atoms with Gasteiger partial charge in [-0.2, -0.15) is 0 Å². The summed E-state index contributed by atoms with van der Waals surface area (Å²) in [7, 11) is 0. The number of hydrogen-bond acceptors (Lipinski definition) is 5. The average molecular weight is 332 g/mol. The maximum Gasteiger partial charge on any atom is 0.239 e. The monoisotopic (exact) mass is 332 g/mol. The molecule has 0 N–H and O–H groups in total. The third-order valence-corrected chi connectivity index (χ3v) is 4.97. The highest BCUT2D eigenvalue weighted by atomic mass is 16.5. The number of pyridine rings is 1. The zero-order valence-corrected chi connectivity index (χ0v) is 14.8. The number of aryl methyl sites for hydroxylation is 1. The molecular weight excluding hydrogens is 304 g/mol. The lowest BCUT2D eigenvalue weighted by Crippen LogP contribution is -2.55. The Hall–Kier alpha value is -1.50. The molecular formula is C18H28N4O2. The highest BCUT2D eigenvalue weighted by Crippen LogP contribution is 2.13. The van der Waals surface area contributed by atoms with E-state index in [4.69, 9.17) is 4.74 Å². The van der Waals surface area contributed by atoms with Crippen LogP contribution in [0.4, 0.5) is 0 Å². The van der Waals surface area contributed by atoms with E-state index in [2.05, 4.69) is 27.8 Å². The number of nitrogens with zero attached hydrogens (tertiary/aromatic N) is 4. The van der Waals surface area contributed by atoms with Crippen LogP contribution in [0.3, 0.4) is 0 Å². The summed E-state index contributed by atoms with van der Waals surface area (Å²) in [5.41, 5.74) is 2.47. The molecule has 24 heavy (non-hydrogen) atoms. The van der Waals surface area contributed by atoms with Crippen LogP contribution in [0, 0.1) is 6.92 Å². The molecule has 1 aromatic rings. The fourth-order valence-electron chi connectivity index (χ4n) is 3.48. The predicted molar refractivity (Wildman–Crippen MR) is 92.7 cm³/mol. The van der Waals surface area contributed by atoms with E-state index in [0.29, 0.717) is 13.2 Å². The lowest BCUT2D eigenvalue weighted by molar-refractivity contribution is -0.141. The van der Waals surface area contributed by atoms with Gasteiger partial charge in [0.2, 0.25) is 5.91 Å². The fraction of sp³-hybridized carbons (Fsp3) is 0.667. The van der Waals surface area contributed by atoms with Gasteiger partial charge in [-0.15, -0.1) is 0 Å². The first-order chi connectivity index (χ1) is 11.6. The van der Waals surface area contributed by atoms with Gasteiger partial charge in [0.1, 0.15) is 0 Å². The molecule has 0 aliphatic carbocycles. The molecule has 132 valence electrons. The van der Waals surface area contributed by atoms with Gasteiger partial charge in [0.05, 0.1) is 19.3 Å². The van der Waals surface area contributed by atoms with Crippen molar-refractivity contribution in [1.29, 1.82) is 0 Å². The molecule has 2 aliphatic heterocycles. The molecule has 0 radical (unpaired) electrons. The first kappa shape index (κ1) is 17.3. The van der Waals surface area contributed by atoms with Gasteiger partial charge in [0.15, 0.2) is 0 Å². The van der Waals surface area contributed by atoms with Gasteiger partial charge in [-0.25, -0.2) is 0 Å². The molecule has 0 unspecified atom stereocenters. The van der Waals surface area contributed by atoms with Crippen LogP contribution in [0.25, 0.3) is 0 Å². The van der Waals surface area contributed by atoms with Crippen LogP contribution < -0.4 is 0 Å². The molecule has 3 rings (SSSR count). The fourth-order valence-corrected chi connectivity index (χ4v) is 3.48. The Labute approximate surface area is 144 Å². The molecule has 0 saturated carbocycles. The number of aromatic nitrogens is 1. The summed E-state index contributed by atoms with van der Waals surface area (Å²) < 4.78 is 5.33. The van der Waals surface area contributed by atoms with Crippen molar-refractivity contribution in [3.05, 3.63) is 29.6 Å². The van der Waals surface area contributed by atoms with Gasteiger partial charge in [0, 0.05) is 58.2 Å². The molecule has 1 atom stereocenters. The highest BCUT2D eigenvalue weighted by molar-refractivity contribution is 5.81. The number of morpholine rings is 1. The number of piperazine rings is 1. The number of carbonyl (C=O) groups excluding carboxylic acids is 1. The largest absolute Gasteiger partial charge is 0.378 e. The quantitative estimate of drug-likeness (QED) is 0.815. The second-order valence-corrected chi connectivity index (χ2v) is 6.80. The molecule has 0 spiro atoms. The molecule has 0 aromatic carbocycles. The van der Waals surface area contributed by atoms with Gasteiger partial charge in [-0.3, -0.25) is 19.6 Å². The third kappa shape index (κ3) is 4.32. The Morgan fingerprint density at radius 3 is 2.54 bits per heavy atom. The summed E-state index contributed by atoms with van der Waals surface area (Å²) in [5, 5.41) is 0. The van der Waals surface area contributed by atoms with E-state index in [9.17, 15) is 4.79 Å². The van der Waals surface area contributed by atoms with Gasteiger partial charge in [0.25, 0.3) is 0 Å². The molecule has 3 heterocycles. The summed E-state index contributed by atoms with van der Waals surface area (Å²) in [5.74, 6) is 0.245. The van der Waals surface area contributed by atoms with E-state index in [0.717, 1.165) is 45.8 Å². The Kier molecular flexibility index (Phi) is 5.81. The number of carbonyl (C=O) groups is 1.